The first-order chi connectivity index (χ1) is 29.1. The molecule has 0 atom stereocenters. The number of benzene rings is 8. The van der Waals surface area contributed by atoms with Crippen LogP contribution in [0.25, 0.3) is 21.5 Å². The Balaban J connectivity index is 1.34. The highest BCUT2D eigenvalue weighted by Crippen LogP contribution is 2.44. The molecule has 0 radical (unpaired) electrons. The van der Waals surface area contributed by atoms with E-state index < -0.39 is 0 Å². The molecule has 8 aromatic rings. The Labute approximate surface area is 347 Å². The normalized spacial score (nSPS) is 11.4. The van der Waals surface area contributed by atoms with Crippen molar-refractivity contribution in [3.8, 4) is 69.0 Å². The number of fused-ring (bicyclic) bond motifs is 2. The van der Waals surface area contributed by atoms with Crippen molar-refractivity contribution >= 4 is 21.5 Å². The largest absolute Gasteiger partial charge is 0.508 e. The number of phenolic OH excluding ortho intramolecular Hbond substituents is 12. The van der Waals surface area contributed by atoms with Crippen molar-refractivity contribution in [1.82, 2.24) is 0 Å². The van der Waals surface area contributed by atoms with Crippen LogP contribution in [0.15, 0.2) is 109 Å². The van der Waals surface area contributed by atoms with Crippen LogP contribution >= 0.6 is 0 Å². The molecule has 0 aliphatic rings. The molecule has 308 valence electrons. The first-order valence-corrected chi connectivity index (χ1v) is 19.1. The first kappa shape index (κ1) is 39.7. The van der Waals surface area contributed by atoms with Gasteiger partial charge >= 0.3 is 0 Å². The lowest BCUT2D eigenvalue weighted by Gasteiger charge is -2.21. The average Bonchev–Trinajstić information content (AvgIpc) is 3.19. The highest BCUT2D eigenvalue weighted by atomic mass is 16.3. The predicted octanol–water partition coefficient (Wildman–Crippen LogP) is 8.41. The molecule has 12 N–H and O–H groups in total. The number of rotatable bonds is 10. The number of hydrogen-bond acceptors (Lipinski definition) is 12. The van der Waals surface area contributed by atoms with E-state index in [1.54, 1.807) is 48.5 Å². The van der Waals surface area contributed by atoms with Gasteiger partial charge in [-0.05, 0) is 177 Å². The zero-order chi connectivity index (χ0) is 43.3. The van der Waals surface area contributed by atoms with Gasteiger partial charge in [0, 0.05) is 17.5 Å². The van der Waals surface area contributed by atoms with Gasteiger partial charge in [-0.25, -0.2) is 0 Å². The molecule has 8 aromatic carbocycles. The SMILES string of the molecule is Oc1cc(Cc2ccc(O)c(O)c2)c2c(Cc3ccc(O)c(O)c3)cc(O)c(Cc3c(O)cc(Cc4ccc(O)c(O)c4)c4c(Cc5ccc(O)c(O)c5)cc(O)cc34)c2c1. The second-order valence-electron chi connectivity index (χ2n) is 15.3. The van der Waals surface area contributed by atoms with Crippen LogP contribution in [-0.4, -0.2) is 61.3 Å². The molecular formula is C49H40O12. The first-order valence-electron chi connectivity index (χ1n) is 19.1. The van der Waals surface area contributed by atoms with Gasteiger partial charge in [-0.15, -0.1) is 0 Å². The van der Waals surface area contributed by atoms with Crippen molar-refractivity contribution in [1.29, 1.82) is 0 Å². The lowest BCUT2D eigenvalue weighted by molar-refractivity contribution is 0.403. The van der Waals surface area contributed by atoms with E-state index in [4.69, 9.17) is 0 Å². The summed E-state index contributed by atoms with van der Waals surface area (Å²) in [6.45, 7) is 0. The summed E-state index contributed by atoms with van der Waals surface area (Å²) >= 11 is 0. The molecule has 0 aliphatic heterocycles. The summed E-state index contributed by atoms with van der Waals surface area (Å²) in [6.07, 6.45) is 0.525. The molecule has 0 aliphatic carbocycles. The predicted molar refractivity (Wildman–Crippen MR) is 228 cm³/mol. The van der Waals surface area contributed by atoms with E-state index in [2.05, 4.69) is 0 Å². The van der Waals surface area contributed by atoms with Crippen molar-refractivity contribution in [2.45, 2.75) is 32.1 Å². The van der Waals surface area contributed by atoms with E-state index in [0.29, 0.717) is 77.2 Å². The standard InChI is InChI=1S/C49H40O12/c50-32-17-28(9-24-1-5-38(52)44(58)13-24)48-30(11-26-3-7-40(54)46(60)15-26)19-42(56)34(36(48)21-32)23-35-37-22-33(51)18-29(10-25-2-6-39(53)45(59)14-25)49(37)31(20-43(35)57)12-27-4-8-41(55)47(61)16-27/h1-8,13-22,50-61H,9-12,23H2. The molecule has 0 aromatic heterocycles. The summed E-state index contributed by atoms with van der Waals surface area (Å²) < 4.78 is 0. The Morgan fingerprint density at radius 3 is 0.803 bits per heavy atom. The van der Waals surface area contributed by atoms with Gasteiger partial charge in [0.25, 0.3) is 0 Å². The summed E-state index contributed by atoms with van der Waals surface area (Å²) in [7, 11) is 0. The van der Waals surface area contributed by atoms with Gasteiger partial charge in [0.05, 0.1) is 0 Å². The molecule has 0 fully saturated rings. The molecular weight excluding hydrogens is 781 g/mol. The molecule has 0 bridgehead atoms. The third kappa shape index (κ3) is 7.89. The highest BCUT2D eigenvalue weighted by molar-refractivity contribution is 5.98. The van der Waals surface area contributed by atoms with E-state index >= 15 is 0 Å². The number of phenols is 12. The Bertz CT molecular complexity index is 2720. The number of hydrogen-bond donors (Lipinski definition) is 12. The third-order valence-electron chi connectivity index (χ3n) is 11.0. The highest BCUT2D eigenvalue weighted by Gasteiger charge is 2.23. The van der Waals surface area contributed by atoms with Crippen LogP contribution in [0.1, 0.15) is 55.6 Å². The van der Waals surface area contributed by atoms with Crippen LogP contribution in [-0.2, 0) is 32.1 Å². The van der Waals surface area contributed by atoms with Crippen LogP contribution < -0.4 is 0 Å². The van der Waals surface area contributed by atoms with Gasteiger partial charge in [0.2, 0.25) is 0 Å². The molecule has 12 heteroatoms. The Morgan fingerprint density at radius 1 is 0.246 bits per heavy atom. The maximum absolute atomic E-state index is 11.9. The van der Waals surface area contributed by atoms with Crippen LogP contribution in [0.4, 0.5) is 0 Å². The fourth-order valence-electron chi connectivity index (χ4n) is 8.23. The zero-order valence-electron chi connectivity index (χ0n) is 32.3. The summed E-state index contributed by atoms with van der Waals surface area (Å²) in [5.41, 5.74) is 5.31. The lowest BCUT2D eigenvalue weighted by atomic mass is 9.84. The second kappa shape index (κ2) is 15.6. The van der Waals surface area contributed by atoms with Crippen molar-refractivity contribution in [2.24, 2.45) is 0 Å². The molecule has 0 amide bonds. The van der Waals surface area contributed by atoms with E-state index in [1.165, 1.54) is 60.7 Å². The molecule has 12 nitrogen and oxygen atoms in total. The Morgan fingerprint density at radius 2 is 0.525 bits per heavy atom. The third-order valence-corrected chi connectivity index (χ3v) is 11.0. The van der Waals surface area contributed by atoms with Gasteiger partial charge in [-0.1, -0.05) is 24.3 Å². The molecule has 0 saturated carbocycles. The number of aromatic hydroxyl groups is 12. The minimum Gasteiger partial charge on any atom is -0.508 e. The van der Waals surface area contributed by atoms with Gasteiger partial charge in [-0.3, -0.25) is 0 Å². The van der Waals surface area contributed by atoms with Crippen molar-refractivity contribution in [3.05, 3.63) is 165 Å². The van der Waals surface area contributed by atoms with Crippen molar-refractivity contribution in [2.75, 3.05) is 0 Å². The van der Waals surface area contributed by atoms with Crippen LogP contribution in [0.5, 0.6) is 69.0 Å². The van der Waals surface area contributed by atoms with Gasteiger partial charge in [0.15, 0.2) is 46.0 Å². The fourth-order valence-corrected chi connectivity index (χ4v) is 8.23. The minimum absolute atomic E-state index is 0.128. The molecule has 0 unspecified atom stereocenters. The quantitative estimate of drug-likeness (QED) is 0.0582. The van der Waals surface area contributed by atoms with E-state index in [1.807, 2.05) is 0 Å². The van der Waals surface area contributed by atoms with Crippen LogP contribution in [0.3, 0.4) is 0 Å². The van der Waals surface area contributed by atoms with Crippen LogP contribution in [0, 0.1) is 0 Å². The zero-order valence-corrected chi connectivity index (χ0v) is 32.3. The Kier molecular flexibility index (Phi) is 10.1. The van der Waals surface area contributed by atoms with Crippen LogP contribution in [0.2, 0.25) is 0 Å². The topological polar surface area (TPSA) is 243 Å². The van der Waals surface area contributed by atoms with E-state index in [0.717, 1.165) is 0 Å². The summed E-state index contributed by atoms with van der Waals surface area (Å²) in [6, 6.07) is 26.7. The molecule has 0 saturated heterocycles. The fraction of sp³-hybridized carbons (Fsp3) is 0.102. The maximum Gasteiger partial charge on any atom is 0.157 e. The summed E-state index contributed by atoms with van der Waals surface area (Å²) in [5.74, 6) is -3.25. The van der Waals surface area contributed by atoms with Crippen molar-refractivity contribution < 1.29 is 61.3 Å². The minimum atomic E-state index is -0.335. The smallest absolute Gasteiger partial charge is 0.157 e. The molecule has 0 spiro atoms. The van der Waals surface area contributed by atoms with Gasteiger partial charge in [0.1, 0.15) is 23.0 Å². The van der Waals surface area contributed by atoms with E-state index in [9.17, 15) is 61.3 Å². The Hall–Kier alpha value is -8.12. The molecule has 8 rings (SSSR count). The average molecular weight is 821 g/mol. The summed E-state index contributed by atoms with van der Waals surface area (Å²) in [4.78, 5) is 0. The molecule has 61 heavy (non-hydrogen) atoms. The van der Waals surface area contributed by atoms with E-state index in [-0.39, 0.29) is 101 Å². The molecule has 0 heterocycles. The van der Waals surface area contributed by atoms with Gasteiger partial charge < -0.3 is 61.3 Å². The lowest BCUT2D eigenvalue weighted by Crippen LogP contribution is -2.03. The van der Waals surface area contributed by atoms with Gasteiger partial charge in [-0.2, -0.15) is 0 Å². The second-order valence-corrected chi connectivity index (χ2v) is 15.3. The monoisotopic (exact) mass is 820 g/mol. The summed E-state index contributed by atoms with van der Waals surface area (Å²) in [5, 5.41) is 130. The van der Waals surface area contributed by atoms with Crippen molar-refractivity contribution in [3.63, 3.8) is 0 Å². The maximum atomic E-state index is 11.9.